The molecule has 1 aromatic carbocycles. The van der Waals surface area contributed by atoms with Gasteiger partial charge in [0.1, 0.15) is 0 Å². The summed E-state index contributed by atoms with van der Waals surface area (Å²) in [6.07, 6.45) is 11.4. The lowest BCUT2D eigenvalue weighted by Crippen LogP contribution is -2.34. The third-order valence-corrected chi connectivity index (χ3v) is 5.34. The van der Waals surface area contributed by atoms with E-state index in [2.05, 4.69) is 31.3 Å². The summed E-state index contributed by atoms with van der Waals surface area (Å²) in [6, 6.07) is 10.3. The highest BCUT2D eigenvalue weighted by Crippen LogP contribution is 2.32. The first-order valence-electron chi connectivity index (χ1n) is 9.56. The van der Waals surface area contributed by atoms with Crippen LogP contribution in [0.1, 0.15) is 83.2 Å². The Bertz CT molecular complexity index is 448. The lowest BCUT2D eigenvalue weighted by atomic mass is 9.79. The van der Waals surface area contributed by atoms with Gasteiger partial charge in [-0.2, -0.15) is 0 Å². The predicted molar refractivity (Wildman–Crippen MR) is 97.2 cm³/mol. The molecule has 0 bridgehead atoms. The molecule has 0 aromatic heterocycles. The number of rotatable bonds is 8. The smallest absolute Gasteiger partial charge is 0.223 e. The quantitative estimate of drug-likeness (QED) is 0.618. The van der Waals surface area contributed by atoms with E-state index in [0.29, 0.717) is 0 Å². The molecule has 1 fully saturated rings. The molecule has 0 heterocycles. The van der Waals surface area contributed by atoms with Crippen LogP contribution in [-0.4, -0.2) is 5.91 Å². The average molecular weight is 316 g/mol. The van der Waals surface area contributed by atoms with Crippen molar-refractivity contribution in [3.8, 4) is 0 Å². The molecule has 1 amide bonds. The van der Waals surface area contributed by atoms with Gasteiger partial charge in [-0.05, 0) is 44.1 Å². The zero-order chi connectivity index (χ0) is 16.5. The minimum absolute atomic E-state index is 0.107. The summed E-state index contributed by atoms with van der Waals surface area (Å²) in [7, 11) is 0. The molecule has 0 radical (unpaired) electrons. The van der Waals surface area contributed by atoms with Crippen LogP contribution in [0, 0.1) is 11.8 Å². The van der Waals surface area contributed by atoms with E-state index in [1.165, 1.54) is 50.5 Å². The Balaban J connectivity index is 1.69. The van der Waals surface area contributed by atoms with Crippen molar-refractivity contribution < 1.29 is 4.79 Å². The van der Waals surface area contributed by atoms with Gasteiger partial charge in [0.05, 0.1) is 6.04 Å². The molecule has 1 N–H and O–H groups in total. The Kier molecular flexibility index (Phi) is 7.64. The number of unbranched alkanes of at least 4 members (excludes halogenated alkanes) is 3. The fourth-order valence-electron chi connectivity index (χ4n) is 3.73. The SMILES string of the molecule is CCCCCCC1CCC(C(=O)NC(C)c2ccccc2)CC1. The van der Waals surface area contributed by atoms with Crippen LogP contribution in [0.15, 0.2) is 30.3 Å². The lowest BCUT2D eigenvalue weighted by Gasteiger charge is -2.28. The zero-order valence-electron chi connectivity index (χ0n) is 14.9. The van der Waals surface area contributed by atoms with Crippen LogP contribution < -0.4 is 5.32 Å². The molecule has 1 aromatic rings. The van der Waals surface area contributed by atoms with E-state index < -0.39 is 0 Å². The third-order valence-electron chi connectivity index (χ3n) is 5.34. The zero-order valence-corrected chi connectivity index (χ0v) is 14.9. The molecule has 0 saturated heterocycles. The Labute approximate surface area is 142 Å². The second kappa shape index (κ2) is 9.75. The standard InChI is InChI=1S/C21H33NO/c1-3-4-5-7-10-18-13-15-20(16-14-18)21(23)22-17(2)19-11-8-6-9-12-19/h6,8-9,11-12,17-18,20H,3-5,7,10,13-16H2,1-2H3,(H,22,23). The summed E-state index contributed by atoms with van der Waals surface area (Å²) >= 11 is 0. The molecule has 2 nitrogen and oxygen atoms in total. The van der Waals surface area contributed by atoms with Crippen molar-refractivity contribution in [2.24, 2.45) is 11.8 Å². The molecule has 1 aliphatic rings. The molecule has 2 rings (SSSR count). The van der Waals surface area contributed by atoms with E-state index in [9.17, 15) is 4.79 Å². The van der Waals surface area contributed by atoms with Crippen LogP contribution in [0.3, 0.4) is 0 Å². The fourth-order valence-corrected chi connectivity index (χ4v) is 3.73. The molecule has 1 aliphatic carbocycles. The van der Waals surface area contributed by atoms with Crippen molar-refractivity contribution in [2.75, 3.05) is 0 Å². The van der Waals surface area contributed by atoms with Gasteiger partial charge in [0.2, 0.25) is 5.91 Å². The van der Waals surface area contributed by atoms with E-state index >= 15 is 0 Å². The maximum atomic E-state index is 12.5. The molecule has 0 spiro atoms. The molecule has 0 aliphatic heterocycles. The van der Waals surface area contributed by atoms with Crippen molar-refractivity contribution >= 4 is 5.91 Å². The van der Waals surface area contributed by atoms with E-state index in [1.54, 1.807) is 0 Å². The highest BCUT2D eigenvalue weighted by atomic mass is 16.1. The number of amides is 1. The van der Waals surface area contributed by atoms with Crippen molar-refractivity contribution in [3.63, 3.8) is 0 Å². The largest absolute Gasteiger partial charge is 0.349 e. The predicted octanol–water partition coefficient (Wildman–Crippen LogP) is 5.64. The number of nitrogens with one attached hydrogen (secondary N) is 1. The van der Waals surface area contributed by atoms with Crippen molar-refractivity contribution in [1.29, 1.82) is 0 Å². The molecular formula is C21H33NO. The van der Waals surface area contributed by atoms with Gasteiger partial charge >= 0.3 is 0 Å². The molecule has 1 saturated carbocycles. The summed E-state index contributed by atoms with van der Waals surface area (Å²) in [5, 5.41) is 3.20. The Morgan fingerprint density at radius 3 is 2.43 bits per heavy atom. The van der Waals surface area contributed by atoms with Crippen molar-refractivity contribution in [1.82, 2.24) is 5.32 Å². The Hall–Kier alpha value is -1.31. The number of hydrogen-bond acceptors (Lipinski definition) is 1. The van der Waals surface area contributed by atoms with Crippen LogP contribution in [-0.2, 0) is 4.79 Å². The van der Waals surface area contributed by atoms with E-state index in [-0.39, 0.29) is 17.9 Å². The summed E-state index contributed by atoms with van der Waals surface area (Å²) in [5.41, 5.74) is 1.19. The molecule has 1 unspecified atom stereocenters. The summed E-state index contributed by atoms with van der Waals surface area (Å²) in [6.45, 7) is 4.34. The van der Waals surface area contributed by atoms with Gasteiger partial charge in [-0.25, -0.2) is 0 Å². The first kappa shape index (κ1) is 18.0. The second-order valence-corrected chi connectivity index (χ2v) is 7.21. The van der Waals surface area contributed by atoms with Gasteiger partial charge in [0.25, 0.3) is 0 Å². The van der Waals surface area contributed by atoms with Gasteiger partial charge in [0, 0.05) is 5.92 Å². The van der Waals surface area contributed by atoms with Gasteiger partial charge in [-0.1, -0.05) is 69.4 Å². The lowest BCUT2D eigenvalue weighted by molar-refractivity contribution is -0.126. The first-order chi connectivity index (χ1) is 11.2. The Morgan fingerprint density at radius 1 is 1.09 bits per heavy atom. The minimum atomic E-state index is 0.107. The van der Waals surface area contributed by atoms with Crippen molar-refractivity contribution in [2.45, 2.75) is 77.7 Å². The monoisotopic (exact) mass is 315 g/mol. The minimum Gasteiger partial charge on any atom is -0.349 e. The average Bonchev–Trinajstić information content (AvgIpc) is 2.60. The number of hydrogen-bond donors (Lipinski definition) is 1. The van der Waals surface area contributed by atoms with Gasteiger partial charge < -0.3 is 5.32 Å². The Morgan fingerprint density at radius 2 is 1.78 bits per heavy atom. The van der Waals surface area contributed by atoms with E-state index in [0.717, 1.165) is 18.8 Å². The van der Waals surface area contributed by atoms with E-state index in [1.807, 2.05) is 18.2 Å². The van der Waals surface area contributed by atoms with E-state index in [4.69, 9.17) is 0 Å². The number of benzene rings is 1. The second-order valence-electron chi connectivity index (χ2n) is 7.21. The van der Waals surface area contributed by atoms with Crippen LogP contribution in [0.4, 0.5) is 0 Å². The molecule has 23 heavy (non-hydrogen) atoms. The van der Waals surface area contributed by atoms with Crippen molar-refractivity contribution in [3.05, 3.63) is 35.9 Å². The van der Waals surface area contributed by atoms with Crippen LogP contribution in [0.2, 0.25) is 0 Å². The van der Waals surface area contributed by atoms with Gasteiger partial charge in [-0.3, -0.25) is 4.79 Å². The fraction of sp³-hybridized carbons (Fsp3) is 0.667. The normalized spacial score (nSPS) is 22.5. The van der Waals surface area contributed by atoms with Gasteiger partial charge in [0.15, 0.2) is 0 Å². The molecular weight excluding hydrogens is 282 g/mol. The van der Waals surface area contributed by atoms with Crippen LogP contribution in [0.25, 0.3) is 0 Å². The topological polar surface area (TPSA) is 29.1 Å². The first-order valence-corrected chi connectivity index (χ1v) is 9.56. The number of carbonyl (C=O) groups is 1. The summed E-state index contributed by atoms with van der Waals surface area (Å²) in [5.74, 6) is 1.35. The molecule has 1 atom stereocenters. The number of carbonyl (C=O) groups excluding carboxylic acids is 1. The molecule has 128 valence electrons. The summed E-state index contributed by atoms with van der Waals surface area (Å²) in [4.78, 5) is 12.5. The van der Waals surface area contributed by atoms with Gasteiger partial charge in [-0.15, -0.1) is 0 Å². The van der Waals surface area contributed by atoms with Crippen LogP contribution in [0.5, 0.6) is 0 Å². The molecule has 2 heteroatoms. The maximum Gasteiger partial charge on any atom is 0.223 e. The summed E-state index contributed by atoms with van der Waals surface area (Å²) < 4.78 is 0. The third kappa shape index (κ3) is 6.01. The highest BCUT2D eigenvalue weighted by Gasteiger charge is 2.26. The van der Waals surface area contributed by atoms with Crippen LogP contribution >= 0.6 is 0 Å². The maximum absolute atomic E-state index is 12.5. The highest BCUT2D eigenvalue weighted by molar-refractivity contribution is 5.79.